The molecule has 1 aliphatic rings. The molecule has 1 heterocycles. The average molecular weight is 543 g/mol. The molecular weight excluding hydrogens is 508 g/mol. The second-order valence-corrected chi connectivity index (χ2v) is 9.95. The maximum absolute atomic E-state index is 13.7. The zero-order chi connectivity index (χ0) is 28.5. The smallest absolute Gasteiger partial charge is 0.408 e. The standard InChI is InChI=1S/C31H34N4O5/c1-21-17-26(34-31(39)40-20-24-15-9-4-10-16-24)30(38)35(21)27(19-23-13-7-3-8-14-23)29(37)33-25(28(32)36)18-22-11-5-2-6-12-22/h2-16,21,25-27H,17-20H2,1H3,(H2,32,36)(H,33,37)(H,34,39)/t21?,25-,26-,27-/m0/s1. The van der Waals surface area contributed by atoms with Crippen molar-refractivity contribution in [3.05, 3.63) is 108 Å². The van der Waals surface area contributed by atoms with Gasteiger partial charge in [0.05, 0.1) is 0 Å². The van der Waals surface area contributed by atoms with Crippen molar-refractivity contribution >= 4 is 23.8 Å². The molecule has 3 aromatic carbocycles. The summed E-state index contributed by atoms with van der Waals surface area (Å²) in [5, 5.41) is 5.43. The Hall–Kier alpha value is -4.66. The molecule has 1 saturated heterocycles. The van der Waals surface area contributed by atoms with E-state index in [9.17, 15) is 19.2 Å². The fraction of sp³-hybridized carbons (Fsp3) is 0.290. The van der Waals surface area contributed by atoms with Gasteiger partial charge < -0.3 is 26.0 Å². The molecule has 9 heteroatoms. The summed E-state index contributed by atoms with van der Waals surface area (Å²) in [7, 11) is 0. The zero-order valence-electron chi connectivity index (χ0n) is 22.4. The van der Waals surface area contributed by atoms with Crippen LogP contribution in [-0.4, -0.2) is 52.9 Å². The van der Waals surface area contributed by atoms with Crippen LogP contribution in [0.2, 0.25) is 0 Å². The van der Waals surface area contributed by atoms with Gasteiger partial charge in [0.25, 0.3) is 0 Å². The minimum Gasteiger partial charge on any atom is -0.445 e. The van der Waals surface area contributed by atoms with Crippen LogP contribution >= 0.6 is 0 Å². The number of carbonyl (C=O) groups excluding carboxylic acids is 4. The van der Waals surface area contributed by atoms with Gasteiger partial charge in [-0.25, -0.2) is 4.79 Å². The van der Waals surface area contributed by atoms with Gasteiger partial charge in [-0.05, 0) is 30.0 Å². The Balaban J connectivity index is 1.48. The Morgan fingerprint density at radius 1 is 0.875 bits per heavy atom. The first-order valence-corrected chi connectivity index (χ1v) is 13.3. The van der Waals surface area contributed by atoms with Crippen LogP contribution in [0.3, 0.4) is 0 Å². The highest BCUT2D eigenvalue weighted by Crippen LogP contribution is 2.25. The first kappa shape index (κ1) is 28.4. The lowest BCUT2D eigenvalue weighted by atomic mass is 10.0. The summed E-state index contributed by atoms with van der Waals surface area (Å²) in [5.74, 6) is -1.55. The number of nitrogens with one attached hydrogen (secondary N) is 2. The van der Waals surface area contributed by atoms with Crippen LogP contribution in [0.25, 0.3) is 0 Å². The van der Waals surface area contributed by atoms with Gasteiger partial charge in [0.2, 0.25) is 17.7 Å². The van der Waals surface area contributed by atoms with Gasteiger partial charge in [-0.3, -0.25) is 14.4 Å². The van der Waals surface area contributed by atoms with E-state index in [0.29, 0.717) is 6.42 Å². The molecule has 0 aliphatic carbocycles. The number of amides is 4. The molecule has 4 rings (SSSR count). The molecule has 1 aliphatic heterocycles. The SMILES string of the molecule is CC1C[C@H](NC(=O)OCc2ccccc2)C(=O)N1[C@@H](Cc1ccccc1)C(=O)N[C@@H](Cc1ccccc1)C(N)=O. The number of primary amides is 1. The normalized spacial score (nSPS) is 18.0. The lowest BCUT2D eigenvalue weighted by Gasteiger charge is -2.32. The van der Waals surface area contributed by atoms with Crippen molar-refractivity contribution in [3.63, 3.8) is 0 Å². The van der Waals surface area contributed by atoms with E-state index in [1.165, 1.54) is 4.90 Å². The third kappa shape index (κ3) is 7.47. The number of ether oxygens (including phenoxy) is 1. The molecule has 4 atom stereocenters. The third-order valence-electron chi connectivity index (χ3n) is 6.96. The van der Waals surface area contributed by atoms with E-state index in [-0.39, 0.29) is 31.4 Å². The second-order valence-electron chi connectivity index (χ2n) is 9.95. The summed E-state index contributed by atoms with van der Waals surface area (Å²) in [6.45, 7) is 1.90. The van der Waals surface area contributed by atoms with Crippen molar-refractivity contribution in [2.75, 3.05) is 0 Å². The van der Waals surface area contributed by atoms with Crippen molar-refractivity contribution in [2.24, 2.45) is 5.73 Å². The lowest BCUT2D eigenvalue weighted by Crippen LogP contribution is -2.57. The van der Waals surface area contributed by atoms with Gasteiger partial charge in [0.1, 0.15) is 24.7 Å². The topological polar surface area (TPSA) is 131 Å². The van der Waals surface area contributed by atoms with E-state index >= 15 is 0 Å². The summed E-state index contributed by atoms with van der Waals surface area (Å²) < 4.78 is 5.30. The van der Waals surface area contributed by atoms with Crippen LogP contribution in [0.4, 0.5) is 4.79 Å². The molecule has 1 fully saturated rings. The van der Waals surface area contributed by atoms with Crippen molar-refractivity contribution in [1.82, 2.24) is 15.5 Å². The highest BCUT2D eigenvalue weighted by atomic mass is 16.5. The van der Waals surface area contributed by atoms with Crippen LogP contribution in [0, 0.1) is 0 Å². The number of nitrogens with zero attached hydrogens (tertiary/aromatic N) is 1. The molecule has 0 spiro atoms. The quantitative estimate of drug-likeness (QED) is 0.343. The van der Waals surface area contributed by atoms with E-state index in [4.69, 9.17) is 10.5 Å². The number of benzene rings is 3. The van der Waals surface area contributed by atoms with Gasteiger partial charge in [-0.1, -0.05) is 91.0 Å². The van der Waals surface area contributed by atoms with E-state index in [2.05, 4.69) is 10.6 Å². The minimum absolute atomic E-state index is 0.0712. The van der Waals surface area contributed by atoms with Gasteiger partial charge in [0.15, 0.2) is 0 Å². The molecule has 4 N–H and O–H groups in total. The highest BCUT2D eigenvalue weighted by Gasteiger charge is 2.44. The summed E-state index contributed by atoms with van der Waals surface area (Å²) >= 11 is 0. The number of alkyl carbamates (subject to hydrolysis) is 1. The molecule has 0 radical (unpaired) electrons. The van der Waals surface area contributed by atoms with Gasteiger partial charge in [-0.2, -0.15) is 0 Å². The Morgan fingerprint density at radius 2 is 1.40 bits per heavy atom. The average Bonchev–Trinajstić information content (AvgIpc) is 3.23. The predicted molar refractivity (Wildman–Crippen MR) is 150 cm³/mol. The van der Waals surface area contributed by atoms with Gasteiger partial charge in [0, 0.05) is 18.9 Å². The number of hydrogen-bond donors (Lipinski definition) is 3. The number of carbonyl (C=O) groups is 4. The monoisotopic (exact) mass is 542 g/mol. The Bertz CT molecular complexity index is 1300. The van der Waals surface area contributed by atoms with Crippen molar-refractivity contribution in [1.29, 1.82) is 0 Å². The van der Waals surface area contributed by atoms with E-state index in [0.717, 1.165) is 16.7 Å². The molecule has 0 saturated carbocycles. The fourth-order valence-corrected chi connectivity index (χ4v) is 4.94. The van der Waals surface area contributed by atoms with E-state index in [1.807, 2.05) is 97.9 Å². The minimum atomic E-state index is -0.955. The van der Waals surface area contributed by atoms with Crippen molar-refractivity contribution in [2.45, 2.75) is 57.0 Å². The van der Waals surface area contributed by atoms with Gasteiger partial charge >= 0.3 is 6.09 Å². The van der Waals surface area contributed by atoms with E-state index in [1.54, 1.807) is 0 Å². The van der Waals surface area contributed by atoms with Crippen molar-refractivity contribution < 1.29 is 23.9 Å². The molecule has 40 heavy (non-hydrogen) atoms. The van der Waals surface area contributed by atoms with Crippen LogP contribution in [0.15, 0.2) is 91.0 Å². The summed E-state index contributed by atoms with van der Waals surface area (Å²) in [5.41, 5.74) is 8.16. The number of likely N-dealkylation sites (tertiary alicyclic amines) is 1. The number of nitrogens with two attached hydrogens (primary N) is 1. The molecule has 3 aromatic rings. The molecule has 0 aromatic heterocycles. The Kier molecular flexibility index (Phi) is 9.51. The maximum atomic E-state index is 13.7. The third-order valence-corrected chi connectivity index (χ3v) is 6.96. The molecule has 208 valence electrons. The molecule has 0 bridgehead atoms. The Morgan fingerprint density at radius 3 is 1.95 bits per heavy atom. The molecule has 1 unspecified atom stereocenters. The van der Waals surface area contributed by atoms with E-state index < -0.39 is 36.0 Å². The summed E-state index contributed by atoms with van der Waals surface area (Å²) in [4.78, 5) is 53.5. The van der Waals surface area contributed by atoms with Crippen LogP contribution in [-0.2, 0) is 38.6 Å². The number of hydrogen-bond acceptors (Lipinski definition) is 5. The molecule has 9 nitrogen and oxygen atoms in total. The zero-order valence-corrected chi connectivity index (χ0v) is 22.4. The highest BCUT2D eigenvalue weighted by molar-refractivity contribution is 5.95. The Labute approximate surface area is 233 Å². The number of rotatable bonds is 11. The summed E-state index contributed by atoms with van der Waals surface area (Å²) in [6, 6.07) is 24.7. The first-order valence-electron chi connectivity index (χ1n) is 13.3. The molecular formula is C31H34N4O5. The molecule has 4 amide bonds. The van der Waals surface area contributed by atoms with Crippen LogP contribution < -0.4 is 16.4 Å². The largest absolute Gasteiger partial charge is 0.445 e. The van der Waals surface area contributed by atoms with Crippen molar-refractivity contribution in [3.8, 4) is 0 Å². The lowest BCUT2D eigenvalue weighted by molar-refractivity contribution is -0.140. The fourth-order valence-electron chi connectivity index (χ4n) is 4.94. The second kappa shape index (κ2) is 13.4. The maximum Gasteiger partial charge on any atom is 0.408 e. The first-order chi connectivity index (χ1) is 19.3. The summed E-state index contributed by atoms with van der Waals surface area (Å²) in [6.07, 6.45) is 0.0456. The van der Waals surface area contributed by atoms with Crippen LogP contribution in [0.1, 0.15) is 30.0 Å². The predicted octanol–water partition coefficient (Wildman–Crippen LogP) is 2.73. The van der Waals surface area contributed by atoms with Gasteiger partial charge in [-0.15, -0.1) is 0 Å². The van der Waals surface area contributed by atoms with Crippen LogP contribution in [0.5, 0.6) is 0 Å².